The van der Waals surface area contributed by atoms with E-state index in [2.05, 4.69) is 20.0 Å². The summed E-state index contributed by atoms with van der Waals surface area (Å²) in [6, 6.07) is 9.74. The molecule has 14 heteroatoms. The number of nitrogens with zero attached hydrogens (tertiary/aromatic N) is 4. The van der Waals surface area contributed by atoms with Crippen LogP contribution in [0.4, 0.5) is 5.95 Å². The van der Waals surface area contributed by atoms with Gasteiger partial charge in [0.05, 0.1) is 27.2 Å². The van der Waals surface area contributed by atoms with Gasteiger partial charge < -0.3 is 24.3 Å². The Balaban J connectivity index is 1.31. The largest absolute Gasteiger partial charge is 0.479 e. The highest BCUT2D eigenvalue weighted by molar-refractivity contribution is 7.52. The minimum absolute atomic E-state index is 0.0719. The summed E-state index contributed by atoms with van der Waals surface area (Å²) in [5.41, 5.74) is 6.94. The molecule has 1 unspecified atom stereocenters. The Bertz CT molecular complexity index is 1580. The number of carbonyl (C=O) groups is 1. The maximum atomic E-state index is 13.9. The summed E-state index contributed by atoms with van der Waals surface area (Å²) >= 11 is 6.33. The molecule has 3 N–H and O–H groups in total. The Morgan fingerprint density at radius 1 is 1.21 bits per heavy atom. The van der Waals surface area contributed by atoms with E-state index in [9.17, 15) is 9.36 Å². The van der Waals surface area contributed by atoms with Gasteiger partial charge in [-0.1, -0.05) is 35.9 Å². The summed E-state index contributed by atoms with van der Waals surface area (Å²) in [6.45, 7) is 1.66. The highest BCUT2D eigenvalue weighted by Gasteiger charge is 2.37. The van der Waals surface area contributed by atoms with E-state index in [4.69, 9.17) is 35.9 Å². The van der Waals surface area contributed by atoms with Crippen LogP contribution in [-0.4, -0.2) is 52.4 Å². The second-order valence-electron chi connectivity index (χ2n) is 9.26. The molecule has 1 saturated carbocycles. The van der Waals surface area contributed by atoms with E-state index in [1.807, 2.05) is 28.8 Å². The first kappa shape index (κ1) is 27.1. The lowest BCUT2D eigenvalue weighted by atomic mass is 9.81. The zero-order chi connectivity index (χ0) is 27.7. The molecule has 1 fully saturated rings. The molecule has 0 bridgehead atoms. The SMILES string of the molecule is COC(=O)[C@H](C)NP(=O)(OC[C@H]1C[C@@H](n2cnc3c(OC)nc(N)nc32)C1)Oc1ccc(Cl)c2ccccc12. The van der Waals surface area contributed by atoms with Gasteiger partial charge in [-0.3, -0.25) is 9.32 Å². The third-order valence-corrected chi connectivity index (χ3v) is 8.60. The van der Waals surface area contributed by atoms with Gasteiger partial charge in [-0.2, -0.15) is 15.1 Å². The number of rotatable bonds is 10. The molecule has 2 aromatic carbocycles. The van der Waals surface area contributed by atoms with Crippen molar-refractivity contribution in [2.45, 2.75) is 31.8 Å². The molecule has 39 heavy (non-hydrogen) atoms. The number of hydrogen-bond donors (Lipinski definition) is 2. The molecule has 2 aromatic heterocycles. The van der Waals surface area contributed by atoms with Gasteiger partial charge in [-0.15, -0.1) is 0 Å². The van der Waals surface area contributed by atoms with Crippen LogP contribution in [0.3, 0.4) is 0 Å². The monoisotopic (exact) mass is 574 g/mol. The van der Waals surface area contributed by atoms with Gasteiger partial charge in [0, 0.05) is 21.8 Å². The number of aromatic nitrogens is 4. The van der Waals surface area contributed by atoms with Crippen molar-refractivity contribution in [2.24, 2.45) is 5.92 Å². The molecule has 0 spiro atoms. The number of benzene rings is 2. The summed E-state index contributed by atoms with van der Waals surface area (Å²) in [4.78, 5) is 24.8. The fourth-order valence-electron chi connectivity index (χ4n) is 4.58. The maximum absolute atomic E-state index is 13.9. The average Bonchev–Trinajstić information content (AvgIpc) is 3.31. The van der Waals surface area contributed by atoms with Crippen LogP contribution in [0, 0.1) is 5.92 Å². The normalized spacial score (nSPS) is 19.3. The van der Waals surface area contributed by atoms with Crippen molar-refractivity contribution >= 4 is 53.2 Å². The molecule has 206 valence electrons. The van der Waals surface area contributed by atoms with E-state index in [1.54, 1.807) is 18.5 Å². The topological polar surface area (TPSA) is 153 Å². The molecular formula is C25H28ClN6O6P. The first-order valence-corrected chi connectivity index (χ1v) is 14.1. The zero-order valence-electron chi connectivity index (χ0n) is 21.5. The van der Waals surface area contributed by atoms with Gasteiger partial charge in [0.2, 0.25) is 11.8 Å². The van der Waals surface area contributed by atoms with Gasteiger partial charge in [-0.25, -0.2) is 9.55 Å². The molecule has 2 heterocycles. The van der Waals surface area contributed by atoms with Crippen molar-refractivity contribution in [3.05, 3.63) is 47.7 Å². The number of nitrogen functional groups attached to an aromatic ring is 1. The number of nitrogens with one attached hydrogen (secondary N) is 1. The van der Waals surface area contributed by atoms with Gasteiger partial charge in [0.25, 0.3) is 0 Å². The number of esters is 1. The number of ether oxygens (including phenoxy) is 2. The summed E-state index contributed by atoms with van der Waals surface area (Å²) < 4.78 is 37.7. The van der Waals surface area contributed by atoms with Crippen LogP contribution < -0.4 is 20.1 Å². The smallest absolute Gasteiger partial charge is 0.459 e. The van der Waals surface area contributed by atoms with Gasteiger partial charge in [-0.05, 0) is 37.8 Å². The van der Waals surface area contributed by atoms with Crippen molar-refractivity contribution in [1.29, 1.82) is 0 Å². The van der Waals surface area contributed by atoms with Crippen LogP contribution in [0.1, 0.15) is 25.8 Å². The number of hydrogen-bond acceptors (Lipinski definition) is 10. The van der Waals surface area contributed by atoms with Crippen LogP contribution >= 0.6 is 19.3 Å². The summed E-state index contributed by atoms with van der Waals surface area (Å²) in [5, 5.41) is 4.63. The average molecular weight is 575 g/mol. The standard InChI is InChI=1S/C25H28ClN6O6P/c1-14(24(33)36-3)31-39(34,38-20-9-8-19(26)17-6-4-5-7-18(17)20)37-12-15-10-16(11-15)32-13-28-21-22(32)29-25(27)30-23(21)35-2/h4-9,13-16H,10-12H2,1-3H3,(H,31,34)(H2,27,29,30)/t14-,15-,16+,39?/m0/s1. The first-order chi connectivity index (χ1) is 18.7. The minimum atomic E-state index is -4.02. The molecule has 5 rings (SSSR count). The Labute approximate surface area is 229 Å². The maximum Gasteiger partial charge on any atom is 0.459 e. The van der Waals surface area contributed by atoms with E-state index >= 15 is 0 Å². The molecule has 4 aromatic rings. The lowest BCUT2D eigenvalue weighted by molar-refractivity contribution is -0.142. The van der Waals surface area contributed by atoms with Crippen LogP contribution in [0.25, 0.3) is 21.9 Å². The van der Waals surface area contributed by atoms with Crippen molar-refractivity contribution in [3.8, 4) is 11.6 Å². The fourth-order valence-corrected chi connectivity index (χ4v) is 6.40. The van der Waals surface area contributed by atoms with Crippen LogP contribution in [0.5, 0.6) is 11.6 Å². The van der Waals surface area contributed by atoms with Crippen LogP contribution in [0.2, 0.25) is 5.02 Å². The highest BCUT2D eigenvalue weighted by Crippen LogP contribution is 2.50. The molecule has 0 radical (unpaired) electrons. The van der Waals surface area contributed by atoms with Crippen LogP contribution in [-0.2, 0) is 18.6 Å². The molecular weight excluding hydrogens is 547 g/mol. The number of fused-ring (bicyclic) bond motifs is 2. The van der Waals surface area contributed by atoms with Crippen molar-refractivity contribution < 1.29 is 27.9 Å². The van der Waals surface area contributed by atoms with Gasteiger partial charge >= 0.3 is 13.7 Å². The van der Waals surface area contributed by atoms with E-state index in [1.165, 1.54) is 21.1 Å². The van der Waals surface area contributed by atoms with E-state index in [0.717, 1.165) is 5.39 Å². The highest BCUT2D eigenvalue weighted by atomic mass is 35.5. The first-order valence-electron chi connectivity index (χ1n) is 12.2. The molecule has 0 aliphatic heterocycles. The number of halogens is 1. The fraction of sp³-hybridized carbons (Fsp3) is 0.360. The Kier molecular flexibility index (Phi) is 7.64. The molecule has 0 amide bonds. The van der Waals surface area contributed by atoms with E-state index < -0.39 is 19.8 Å². The Morgan fingerprint density at radius 2 is 1.95 bits per heavy atom. The second-order valence-corrected chi connectivity index (χ2v) is 11.4. The van der Waals surface area contributed by atoms with Crippen LogP contribution in [0.15, 0.2) is 42.7 Å². The lowest BCUT2D eigenvalue weighted by Gasteiger charge is -2.36. The minimum Gasteiger partial charge on any atom is -0.479 e. The summed E-state index contributed by atoms with van der Waals surface area (Å²) in [6.07, 6.45) is 3.12. The predicted molar refractivity (Wildman–Crippen MR) is 146 cm³/mol. The van der Waals surface area contributed by atoms with Crippen molar-refractivity contribution in [3.63, 3.8) is 0 Å². The van der Waals surface area contributed by atoms with E-state index in [-0.39, 0.29) is 24.5 Å². The zero-order valence-corrected chi connectivity index (χ0v) is 23.2. The quantitative estimate of drug-likeness (QED) is 0.203. The summed E-state index contributed by atoms with van der Waals surface area (Å²) in [5.74, 6) is 0.192. The number of nitrogens with two attached hydrogens (primary N) is 1. The van der Waals surface area contributed by atoms with E-state index in [0.29, 0.717) is 46.0 Å². The molecule has 0 saturated heterocycles. The number of methoxy groups -OCH3 is 2. The van der Waals surface area contributed by atoms with Crippen molar-refractivity contribution in [1.82, 2.24) is 24.6 Å². The Morgan fingerprint density at radius 3 is 2.67 bits per heavy atom. The summed E-state index contributed by atoms with van der Waals surface area (Å²) in [7, 11) is -1.27. The lowest BCUT2D eigenvalue weighted by Crippen LogP contribution is -2.36. The van der Waals surface area contributed by atoms with Crippen molar-refractivity contribution in [2.75, 3.05) is 26.6 Å². The number of carbonyl (C=O) groups excluding carboxylic acids is 1. The number of anilines is 1. The third kappa shape index (κ3) is 5.51. The Hall–Kier alpha value is -3.44. The van der Waals surface area contributed by atoms with Gasteiger partial charge in [0.1, 0.15) is 11.8 Å². The molecule has 2 atom stereocenters. The molecule has 12 nitrogen and oxygen atoms in total. The predicted octanol–water partition coefficient (Wildman–Crippen LogP) is 4.53. The number of imidazole rings is 1. The molecule has 1 aliphatic carbocycles. The van der Waals surface area contributed by atoms with Gasteiger partial charge in [0.15, 0.2) is 11.2 Å². The third-order valence-electron chi connectivity index (χ3n) is 6.64. The molecule has 1 aliphatic rings. The second kappa shape index (κ2) is 11.0.